The summed E-state index contributed by atoms with van der Waals surface area (Å²) in [6, 6.07) is 1.62. The van der Waals surface area contributed by atoms with Gasteiger partial charge >= 0.3 is 0 Å². The summed E-state index contributed by atoms with van der Waals surface area (Å²) in [6.07, 6.45) is 4.71. The fourth-order valence-electron chi connectivity index (χ4n) is 1.62. The monoisotopic (exact) mass is 275 g/mol. The van der Waals surface area contributed by atoms with Crippen molar-refractivity contribution in [1.82, 2.24) is 15.6 Å². The Bertz CT molecular complexity index is 415. The average molecular weight is 276 g/mol. The molecule has 0 saturated heterocycles. The van der Waals surface area contributed by atoms with Crippen LogP contribution >= 0.6 is 24.0 Å². The molecule has 94 valence electrons. The van der Waals surface area contributed by atoms with Crippen LogP contribution in [0.3, 0.4) is 0 Å². The van der Waals surface area contributed by atoms with Crippen molar-refractivity contribution in [3.8, 4) is 0 Å². The lowest BCUT2D eigenvalue weighted by molar-refractivity contribution is 0.0952. The number of nitrogens with one attached hydrogen (secondary N) is 3. The third kappa shape index (κ3) is 4.07. The Kier molecular flexibility index (Phi) is 5.55. The smallest absolute Gasteiger partial charge is 0.268 e. The van der Waals surface area contributed by atoms with E-state index in [2.05, 4.69) is 21.7 Å². The molecule has 0 bridgehead atoms. The van der Waals surface area contributed by atoms with E-state index < -0.39 is 0 Å². The third-order valence-electron chi connectivity index (χ3n) is 2.53. The summed E-state index contributed by atoms with van der Waals surface area (Å²) >= 11 is 5.72. The van der Waals surface area contributed by atoms with Crippen LogP contribution in [0, 0.1) is 0 Å². The zero-order valence-electron chi connectivity index (χ0n) is 9.25. The number of carbonyl (C=O) groups excluding carboxylic acids is 1. The van der Waals surface area contributed by atoms with E-state index in [0.717, 1.165) is 19.5 Å². The van der Waals surface area contributed by atoms with Gasteiger partial charge in [-0.2, -0.15) is 0 Å². The number of carbonyl (C=O) groups is 1. The molecule has 0 atom stereocenters. The highest BCUT2D eigenvalue weighted by Crippen LogP contribution is 2.09. The molecule has 1 aliphatic heterocycles. The molecule has 4 nitrogen and oxygen atoms in total. The van der Waals surface area contributed by atoms with Crippen LogP contribution in [0.5, 0.6) is 0 Å². The van der Waals surface area contributed by atoms with Crippen LogP contribution in [0.15, 0.2) is 23.9 Å². The number of hydrogen-bond donors (Lipinski definition) is 3. The largest absolute Gasteiger partial charge is 0.356 e. The van der Waals surface area contributed by atoms with Gasteiger partial charge in [-0.3, -0.25) is 4.79 Å². The molecule has 3 N–H and O–H groups in total. The van der Waals surface area contributed by atoms with E-state index in [1.807, 2.05) is 0 Å². The van der Waals surface area contributed by atoms with Crippen molar-refractivity contribution in [3.05, 3.63) is 34.6 Å². The molecule has 0 fully saturated rings. The highest BCUT2D eigenvalue weighted by Gasteiger charge is 2.09. The fourth-order valence-corrected chi connectivity index (χ4v) is 1.78. The Hall–Kier alpha value is -0.970. The highest BCUT2D eigenvalue weighted by atomic mass is 35.5. The number of hydrogen-bond acceptors (Lipinski definition) is 2. The number of halogens is 2. The standard InChI is InChI=1S/C11H14ClN3O.ClH/c12-9-5-10(14-7-9)11(16)15-6-8-1-3-13-4-2-8;/h1,5,7,13-14H,2-4,6H2,(H,15,16);1H. The molecule has 2 heterocycles. The average Bonchev–Trinajstić information content (AvgIpc) is 2.74. The maximum atomic E-state index is 11.7. The zero-order valence-corrected chi connectivity index (χ0v) is 10.8. The van der Waals surface area contributed by atoms with Crippen LogP contribution < -0.4 is 10.6 Å². The fraction of sp³-hybridized carbons (Fsp3) is 0.364. The summed E-state index contributed by atoms with van der Waals surface area (Å²) in [5.41, 5.74) is 1.77. The van der Waals surface area contributed by atoms with Gasteiger partial charge < -0.3 is 15.6 Å². The second kappa shape index (κ2) is 6.69. The van der Waals surface area contributed by atoms with Crippen LogP contribution in [-0.2, 0) is 0 Å². The Balaban J connectivity index is 0.00000144. The zero-order chi connectivity index (χ0) is 11.4. The molecule has 1 aliphatic rings. The first-order chi connectivity index (χ1) is 7.75. The van der Waals surface area contributed by atoms with E-state index in [1.165, 1.54) is 5.57 Å². The lowest BCUT2D eigenvalue weighted by Gasteiger charge is -2.14. The molecule has 1 aromatic rings. The molecule has 1 amide bonds. The molecule has 0 aliphatic carbocycles. The number of aromatic nitrogens is 1. The summed E-state index contributed by atoms with van der Waals surface area (Å²) in [4.78, 5) is 14.5. The lowest BCUT2D eigenvalue weighted by Crippen LogP contribution is -2.29. The predicted molar refractivity (Wildman–Crippen MR) is 71.0 cm³/mol. The van der Waals surface area contributed by atoms with Gasteiger partial charge in [-0.05, 0) is 19.0 Å². The second-order valence-corrected chi connectivity index (χ2v) is 4.17. The van der Waals surface area contributed by atoms with Crippen molar-refractivity contribution in [2.24, 2.45) is 0 Å². The molecule has 0 unspecified atom stereocenters. The van der Waals surface area contributed by atoms with Gasteiger partial charge in [0.25, 0.3) is 5.91 Å². The SMILES string of the molecule is Cl.O=C(NCC1=CCNCC1)c1cc(Cl)c[nH]1. The van der Waals surface area contributed by atoms with Crippen molar-refractivity contribution in [1.29, 1.82) is 0 Å². The predicted octanol–water partition coefficient (Wildman–Crippen LogP) is 1.74. The maximum Gasteiger partial charge on any atom is 0.268 e. The minimum absolute atomic E-state index is 0. The highest BCUT2D eigenvalue weighted by molar-refractivity contribution is 6.30. The van der Waals surface area contributed by atoms with E-state index in [-0.39, 0.29) is 18.3 Å². The van der Waals surface area contributed by atoms with Crippen LogP contribution in [0.1, 0.15) is 16.9 Å². The number of aromatic amines is 1. The molecule has 2 rings (SSSR count). The summed E-state index contributed by atoms with van der Waals surface area (Å²) in [5.74, 6) is -0.119. The summed E-state index contributed by atoms with van der Waals surface area (Å²) in [5, 5.41) is 6.63. The van der Waals surface area contributed by atoms with Gasteiger partial charge in [-0.15, -0.1) is 12.4 Å². The van der Waals surface area contributed by atoms with Gasteiger partial charge in [-0.1, -0.05) is 23.3 Å². The van der Waals surface area contributed by atoms with Gasteiger partial charge in [0, 0.05) is 19.3 Å². The Morgan fingerprint density at radius 1 is 1.53 bits per heavy atom. The number of amides is 1. The van der Waals surface area contributed by atoms with Gasteiger partial charge in [-0.25, -0.2) is 0 Å². The third-order valence-corrected chi connectivity index (χ3v) is 2.74. The van der Waals surface area contributed by atoms with Crippen LogP contribution in [0.25, 0.3) is 0 Å². The van der Waals surface area contributed by atoms with Gasteiger partial charge in [0.1, 0.15) is 5.69 Å². The van der Waals surface area contributed by atoms with E-state index in [1.54, 1.807) is 12.3 Å². The Labute approximate surface area is 111 Å². The van der Waals surface area contributed by atoms with Crippen LogP contribution in [0.4, 0.5) is 0 Å². The first kappa shape index (κ1) is 14.1. The van der Waals surface area contributed by atoms with E-state index in [9.17, 15) is 4.79 Å². The molecule has 0 spiro atoms. The normalized spacial score (nSPS) is 14.8. The van der Waals surface area contributed by atoms with Crippen LogP contribution in [0.2, 0.25) is 5.02 Å². The molecule has 1 aromatic heterocycles. The Morgan fingerprint density at radius 2 is 2.35 bits per heavy atom. The topological polar surface area (TPSA) is 56.9 Å². The minimum Gasteiger partial charge on any atom is -0.356 e. The van der Waals surface area contributed by atoms with Crippen molar-refractivity contribution >= 4 is 29.9 Å². The van der Waals surface area contributed by atoms with Crippen molar-refractivity contribution in [2.45, 2.75) is 6.42 Å². The summed E-state index contributed by atoms with van der Waals surface area (Å²) < 4.78 is 0. The van der Waals surface area contributed by atoms with E-state index >= 15 is 0 Å². The molecular weight excluding hydrogens is 261 g/mol. The summed E-state index contributed by atoms with van der Waals surface area (Å²) in [6.45, 7) is 2.48. The lowest BCUT2D eigenvalue weighted by atomic mass is 10.1. The summed E-state index contributed by atoms with van der Waals surface area (Å²) in [7, 11) is 0. The first-order valence-corrected chi connectivity index (χ1v) is 5.64. The van der Waals surface area contributed by atoms with E-state index in [4.69, 9.17) is 11.6 Å². The van der Waals surface area contributed by atoms with Gasteiger partial charge in [0.15, 0.2) is 0 Å². The molecule has 6 heteroatoms. The number of rotatable bonds is 3. The molecule has 17 heavy (non-hydrogen) atoms. The first-order valence-electron chi connectivity index (χ1n) is 5.26. The van der Waals surface area contributed by atoms with Gasteiger partial charge in [0.05, 0.1) is 5.02 Å². The van der Waals surface area contributed by atoms with Crippen molar-refractivity contribution in [2.75, 3.05) is 19.6 Å². The maximum absolute atomic E-state index is 11.7. The quantitative estimate of drug-likeness (QED) is 0.736. The molecule has 0 saturated carbocycles. The second-order valence-electron chi connectivity index (χ2n) is 3.73. The van der Waals surface area contributed by atoms with Gasteiger partial charge in [0.2, 0.25) is 0 Å². The minimum atomic E-state index is -0.119. The van der Waals surface area contributed by atoms with E-state index in [0.29, 0.717) is 17.3 Å². The molecule has 0 radical (unpaired) electrons. The molecule has 0 aromatic carbocycles. The Morgan fingerprint density at radius 3 is 2.94 bits per heavy atom. The molecular formula is C11H15Cl2N3O. The van der Waals surface area contributed by atoms with Crippen LogP contribution in [-0.4, -0.2) is 30.5 Å². The van der Waals surface area contributed by atoms with Crippen molar-refractivity contribution in [3.63, 3.8) is 0 Å². The number of H-pyrrole nitrogens is 1. The van der Waals surface area contributed by atoms with Crippen molar-refractivity contribution < 1.29 is 4.79 Å².